The predicted molar refractivity (Wildman–Crippen MR) is 123 cm³/mol. The number of aliphatic imine (C=N–C) groups is 1. The summed E-state index contributed by atoms with van der Waals surface area (Å²) in [6.45, 7) is 0. The summed E-state index contributed by atoms with van der Waals surface area (Å²) >= 11 is 0. The van der Waals surface area contributed by atoms with E-state index in [-0.39, 0.29) is 0 Å². The van der Waals surface area contributed by atoms with Gasteiger partial charge in [-0.15, -0.1) is 0 Å². The number of anilines is 1. The molecule has 29 heavy (non-hydrogen) atoms. The lowest BCUT2D eigenvalue weighted by Crippen LogP contribution is -1.93. The molecule has 5 rings (SSSR count). The Morgan fingerprint density at radius 2 is 1.31 bits per heavy atom. The van der Waals surface area contributed by atoms with Crippen LogP contribution < -0.4 is 5.73 Å². The molecule has 0 fully saturated rings. The molecule has 0 atom stereocenters. The van der Waals surface area contributed by atoms with Gasteiger partial charge in [0.2, 0.25) is 0 Å². The maximum absolute atomic E-state index is 6.52. The monoisotopic (exact) mass is 373 g/mol. The van der Waals surface area contributed by atoms with E-state index < -0.39 is 0 Å². The Hall–Kier alpha value is -3.98. The summed E-state index contributed by atoms with van der Waals surface area (Å²) < 4.78 is 0. The predicted octanol–water partition coefficient (Wildman–Crippen LogP) is 6.39. The van der Waals surface area contributed by atoms with E-state index in [1.807, 2.05) is 36.4 Å². The number of pyridine rings is 1. The highest BCUT2D eigenvalue weighted by atomic mass is 14.8. The number of benzene rings is 4. The van der Waals surface area contributed by atoms with E-state index in [1.54, 1.807) is 12.4 Å². The van der Waals surface area contributed by atoms with Crippen molar-refractivity contribution in [2.75, 3.05) is 5.73 Å². The second kappa shape index (κ2) is 7.21. The molecule has 0 aliphatic carbocycles. The maximum atomic E-state index is 6.52. The van der Waals surface area contributed by atoms with E-state index >= 15 is 0 Å². The molecule has 0 radical (unpaired) electrons. The average molecular weight is 373 g/mol. The van der Waals surface area contributed by atoms with Gasteiger partial charge in [0.05, 0.1) is 17.6 Å². The molecule has 138 valence electrons. The highest BCUT2D eigenvalue weighted by molar-refractivity contribution is 6.13. The van der Waals surface area contributed by atoms with Crippen LogP contribution in [-0.2, 0) is 0 Å². The summed E-state index contributed by atoms with van der Waals surface area (Å²) in [7, 11) is 0. The van der Waals surface area contributed by atoms with E-state index in [0.29, 0.717) is 0 Å². The number of rotatable bonds is 3. The summed E-state index contributed by atoms with van der Waals surface area (Å²) in [6, 6.07) is 30.7. The average Bonchev–Trinajstić information content (AvgIpc) is 2.78. The van der Waals surface area contributed by atoms with Crippen LogP contribution in [-0.4, -0.2) is 11.2 Å². The highest BCUT2D eigenvalue weighted by Crippen LogP contribution is 2.43. The zero-order chi connectivity index (χ0) is 19.6. The minimum absolute atomic E-state index is 0.745. The zero-order valence-electron chi connectivity index (χ0n) is 15.8. The fraction of sp³-hybridized carbons (Fsp3) is 0. The molecular formula is C26H19N3. The summed E-state index contributed by atoms with van der Waals surface area (Å²) in [5.74, 6) is 0. The summed E-state index contributed by atoms with van der Waals surface area (Å²) in [4.78, 5) is 9.16. The lowest BCUT2D eigenvalue weighted by Gasteiger charge is -2.15. The molecule has 5 aromatic rings. The van der Waals surface area contributed by atoms with Crippen molar-refractivity contribution in [1.82, 2.24) is 4.98 Å². The van der Waals surface area contributed by atoms with Crippen molar-refractivity contribution in [3.8, 4) is 11.1 Å². The quantitative estimate of drug-likeness (QED) is 0.294. The van der Waals surface area contributed by atoms with Gasteiger partial charge in [-0.3, -0.25) is 9.98 Å². The molecule has 0 spiro atoms. The molecule has 0 saturated heterocycles. The molecule has 0 unspecified atom stereocenters. The molecule has 2 N–H and O–H groups in total. The van der Waals surface area contributed by atoms with Crippen molar-refractivity contribution in [1.29, 1.82) is 0 Å². The van der Waals surface area contributed by atoms with Crippen LogP contribution in [0.1, 0.15) is 5.69 Å². The third-order valence-electron chi connectivity index (χ3n) is 5.14. The molecular weight excluding hydrogens is 354 g/mol. The minimum atomic E-state index is 0.745. The fourth-order valence-corrected chi connectivity index (χ4v) is 3.79. The van der Waals surface area contributed by atoms with Gasteiger partial charge in [-0.2, -0.15) is 0 Å². The number of nitrogens with two attached hydrogens (primary N) is 1. The molecule has 0 aliphatic heterocycles. The Labute approximate surface area is 169 Å². The first kappa shape index (κ1) is 17.1. The molecule has 3 heteroatoms. The van der Waals surface area contributed by atoms with E-state index in [4.69, 9.17) is 10.7 Å². The van der Waals surface area contributed by atoms with Crippen LogP contribution in [0.25, 0.3) is 32.7 Å². The standard InChI is InChI=1S/C26H19N3/c27-23-14-12-18-7-1-3-10-21(18)25(23)26-22-11-4-2-8-19(22)13-15-24(26)29-17-20-9-5-6-16-28-20/h1-17H,27H2. The van der Waals surface area contributed by atoms with Crippen molar-refractivity contribution in [2.45, 2.75) is 0 Å². The van der Waals surface area contributed by atoms with E-state index in [9.17, 15) is 0 Å². The number of nitrogens with zero attached hydrogens (tertiary/aromatic N) is 2. The number of hydrogen-bond acceptors (Lipinski definition) is 3. The van der Waals surface area contributed by atoms with Crippen molar-refractivity contribution in [3.05, 3.63) is 103 Å². The fourth-order valence-electron chi connectivity index (χ4n) is 3.79. The second-order valence-electron chi connectivity index (χ2n) is 6.94. The van der Waals surface area contributed by atoms with Gasteiger partial charge >= 0.3 is 0 Å². The molecule has 0 saturated carbocycles. The number of aromatic nitrogens is 1. The molecule has 0 amide bonds. The lowest BCUT2D eigenvalue weighted by atomic mass is 9.91. The Morgan fingerprint density at radius 3 is 2.03 bits per heavy atom. The van der Waals surface area contributed by atoms with E-state index in [1.165, 1.54) is 0 Å². The van der Waals surface area contributed by atoms with Gasteiger partial charge in [-0.25, -0.2) is 0 Å². The molecule has 1 heterocycles. The second-order valence-corrected chi connectivity index (χ2v) is 6.94. The SMILES string of the molecule is Nc1ccc2ccccc2c1-c1c(N=Cc2ccccn2)ccc2ccccc12. The molecule has 0 aliphatic rings. The van der Waals surface area contributed by atoms with Crippen molar-refractivity contribution < 1.29 is 0 Å². The Kier molecular flexibility index (Phi) is 4.26. The van der Waals surface area contributed by atoms with Gasteiger partial charge < -0.3 is 5.73 Å². The molecule has 1 aromatic heterocycles. The van der Waals surface area contributed by atoms with Gasteiger partial charge in [0.1, 0.15) is 0 Å². The van der Waals surface area contributed by atoms with Crippen molar-refractivity contribution >= 4 is 39.1 Å². The number of fused-ring (bicyclic) bond motifs is 2. The van der Waals surface area contributed by atoms with Crippen molar-refractivity contribution in [3.63, 3.8) is 0 Å². The third kappa shape index (κ3) is 3.13. The van der Waals surface area contributed by atoms with Crippen LogP contribution in [0.3, 0.4) is 0 Å². The Morgan fingerprint density at radius 1 is 0.655 bits per heavy atom. The highest BCUT2D eigenvalue weighted by Gasteiger charge is 2.15. The van der Waals surface area contributed by atoms with Crippen LogP contribution in [0, 0.1) is 0 Å². The maximum Gasteiger partial charge on any atom is 0.0812 e. The van der Waals surface area contributed by atoms with Crippen LogP contribution in [0.5, 0.6) is 0 Å². The molecule has 4 aromatic carbocycles. The number of hydrogen-bond donors (Lipinski definition) is 1. The van der Waals surface area contributed by atoms with Crippen LogP contribution in [0.4, 0.5) is 11.4 Å². The zero-order valence-corrected chi connectivity index (χ0v) is 15.8. The number of nitrogen functional groups attached to an aromatic ring is 1. The van der Waals surface area contributed by atoms with Gasteiger partial charge in [0, 0.05) is 23.0 Å². The minimum Gasteiger partial charge on any atom is -0.398 e. The molecule has 0 bridgehead atoms. The lowest BCUT2D eigenvalue weighted by molar-refractivity contribution is 1.30. The van der Waals surface area contributed by atoms with Gasteiger partial charge in [-0.05, 0) is 45.8 Å². The summed E-state index contributed by atoms with van der Waals surface area (Å²) in [5.41, 5.74) is 11.0. The van der Waals surface area contributed by atoms with Crippen LogP contribution in [0.15, 0.2) is 102 Å². The smallest absolute Gasteiger partial charge is 0.0812 e. The van der Waals surface area contributed by atoms with Gasteiger partial charge in [0.15, 0.2) is 0 Å². The normalized spacial score (nSPS) is 11.4. The van der Waals surface area contributed by atoms with Gasteiger partial charge in [-0.1, -0.05) is 66.7 Å². The summed E-state index contributed by atoms with van der Waals surface area (Å²) in [5, 5.41) is 4.57. The first-order chi connectivity index (χ1) is 14.3. The van der Waals surface area contributed by atoms with E-state index in [2.05, 4.69) is 59.6 Å². The Bertz CT molecular complexity index is 1350. The van der Waals surface area contributed by atoms with Gasteiger partial charge in [0.25, 0.3) is 0 Å². The topological polar surface area (TPSA) is 51.3 Å². The third-order valence-corrected chi connectivity index (χ3v) is 5.14. The van der Waals surface area contributed by atoms with Crippen LogP contribution in [0.2, 0.25) is 0 Å². The first-order valence-electron chi connectivity index (χ1n) is 9.56. The van der Waals surface area contributed by atoms with E-state index in [0.717, 1.165) is 49.7 Å². The summed E-state index contributed by atoms with van der Waals surface area (Å²) in [6.07, 6.45) is 3.57. The first-order valence-corrected chi connectivity index (χ1v) is 9.56. The van der Waals surface area contributed by atoms with Crippen molar-refractivity contribution in [2.24, 2.45) is 4.99 Å². The Balaban J connectivity index is 1.83. The molecule has 3 nitrogen and oxygen atoms in total. The van der Waals surface area contributed by atoms with Crippen LogP contribution >= 0.6 is 0 Å². The largest absolute Gasteiger partial charge is 0.398 e.